The molecular formula is C16H26N2O2. The molecule has 2 rings (SSSR count). The van der Waals surface area contributed by atoms with Gasteiger partial charge in [0.25, 0.3) is 0 Å². The molecule has 1 saturated heterocycles. The summed E-state index contributed by atoms with van der Waals surface area (Å²) in [5.74, 6) is 0. The lowest BCUT2D eigenvalue weighted by atomic mass is 10.0. The molecule has 1 aromatic rings. The minimum atomic E-state index is -0.181. The molecule has 2 N–H and O–H groups in total. The number of aliphatic hydroxyl groups is 1. The molecule has 0 saturated carbocycles. The van der Waals surface area contributed by atoms with E-state index in [1.165, 1.54) is 16.8 Å². The first-order valence-electron chi connectivity index (χ1n) is 7.43. The van der Waals surface area contributed by atoms with Gasteiger partial charge in [-0.3, -0.25) is 0 Å². The molecule has 0 aromatic heterocycles. The molecule has 1 atom stereocenters. The van der Waals surface area contributed by atoms with Gasteiger partial charge in [0, 0.05) is 39.0 Å². The zero-order chi connectivity index (χ0) is 14.4. The first kappa shape index (κ1) is 15.3. The van der Waals surface area contributed by atoms with Crippen LogP contribution in [0, 0.1) is 6.92 Å². The van der Waals surface area contributed by atoms with Crippen LogP contribution in [0.4, 0.5) is 5.69 Å². The van der Waals surface area contributed by atoms with Gasteiger partial charge < -0.3 is 20.1 Å². The standard InChI is InChI=1S/C16H26N2O2/c1-13-10-15(18-8-3-4-16(19)12-18)6-5-14(13)11-17-7-9-20-2/h5-6,10,16-17,19H,3-4,7-9,11-12H2,1-2H3. The molecule has 0 bridgehead atoms. The van der Waals surface area contributed by atoms with Gasteiger partial charge in [0.1, 0.15) is 0 Å². The van der Waals surface area contributed by atoms with E-state index in [2.05, 4.69) is 35.3 Å². The highest BCUT2D eigenvalue weighted by molar-refractivity contribution is 5.51. The number of anilines is 1. The van der Waals surface area contributed by atoms with Crippen molar-refractivity contribution in [3.8, 4) is 0 Å². The Morgan fingerprint density at radius 2 is 2.30 bits per heavy atom. The average molecular weight is 278 g/mol. The third-order valence-corrected chi connectivity index (χ3v) is 3.89. The van der Waals surface area contributed by atoms with Crippen LogP contribution in [0.3, 0.4) is 0 Å². The van der Waals surface area contributed by atoms with Gasteiger partial charge in [-0.1, -0.05) is 6.07 Å². The van der Waals surface area contributed by atoms with Crippen LogP contribution >= 0.6 is 0 Å². The Kier molecular flexibility index (Phi) is 5.83. The maximum absolute atomic E-state index is 9.77. The number of ether oxygens (including phenoxy) is 1. The van der Waals surface area contributed by atoms with Gasteiger partial charge in [-0.05, 0) is 43.0 Å². The molecule has 20 heavy (non-hydrogen) atoms. The largest absolute Gasteiger partial charge is 0.391 e. The zero-order valence-electron chi connectivity index (χ0n) is 12.6. The fourth-order valence-electron chi connectivity index (χ4n) is 2.66. The lowest BCUT2D eigenvalue weighted by molar-refractivity contribution is 0.154. The Morgan fingerprint density at radius 3 is 3.00 bits per heavy atom. The van der Waals surface area contributed by atoms with E-state index in [9.17, 15) is 5.11 Å². The van der Waals surface area contributed by atoms with E-state index in [0.717, 1.165) is 45.6 Å². The smallest absolute Gasteiger partial charge is 0.0715 e. The van der Waals surface area contributed by atoms with Gasteiger partial charge in [0.2, 0.25) is 0 Å². The topological polar surface area (TPSA) is 44.7 Å². The van der Waals surface area contributed by atoms with Crippen LogP contribution in [-0.4, -0.2) is 44.6 Å². The average Bonchev–Trinajstić information content (AvgIpc) is 2.45. The number of β-amino-alcohol motifs (C(OH)–C–C–N with tert-alkyl or cyclic N) is 1. The van der Waals surface area contributed by atoms with Gasteiger partial charge >= 0.3 is 0 Å². The summed E-state index contributed by atoms with van der Waals surface area (Å²) in [5, 5.41) is 13.1. The molecule has 1 heterocycles. The Balaban J connectivity index is 1.94. The maximum Gasteiger partial charge on any atom is 0.0715 e. The molecule has 112 valence electrons. The van der Waals surface area contributed by atoms with Crippen LogP contribution in [0.15, 0.2) is 18.2 Å². The summed E-state index contributed by atoms with van der Waals surface area (Å²) in [6, 6.07) is 6.58. The van der Waals surface area contributed by atoms with Crippen LogP contribution in [0.1, 0.15) is 24.0 Å². The zero-order valence-corrected chi connectivity index (χ0v) is 12.6. The molecule has 1 aliphatic rings. The fourth-order valence-corrected chi connectivity index (χ4v) is 2.66. The highest BCUT2D eigenvalue weighted by atomic mass is 16.5. The summed E-state index contributed by atoms with van der Waals surface area (Å²) >= 11 is 0. The number of rotatable bonds is 6. The number of nitrogens with zero attached hydrogens (tertiary/aromatic N) is 1. The number of benzene rings is 1. The Hall–Kier alpha value is -1.10. The second kappa shape index (κ2) is 7.62. The van der Waals surface area contributed by atoms with Crippen molar-refractivity contribution in [2.75, 3.05) is 38.3 Å². The van der Waals surface area contributed by atoms with Crippen LogP contribution in [-0.2, 0) is 11.3 Å². The number of aliphatic hydroxyl groups excluding tert-OH is 1. The molecule has 1 fully saturated rings. The predicted octanol–water partition coefficient (Wildman–Crippen LogP) is 1.69. The number of methoxy groups -OCH3 is 1. The maximum atomic E-state index is 9.77. The van der Waals surface area contributed by atoms with Crippen LogP contribution in [0.2, 0.25) is 0 Å². The van der Waals surface area contributed by atoms with E-state index < -0.39 is 0 Å². The quantitative estimate of drug-likeness (QED) is 0.777. The fraction of sp³-hybridized carbons (Fsp3) is 0.625. The summed E-state index contributed by atoms with van der Waals surface area (Å²) < 4.78 is 5.03. The van der Waals surface area contributed by atoms with Crippen molar-refractivity contribution >= 4 is 5.69 Å². The third-order valence-electron chi connectivity index (χ3n) is 3.89. The van der Waals surface area contributed by atoms with E-state index in [1.54, 1.807) is 7.11 Å². The molecule has 4 heteroatoms. The molecule has 0 radical (unpaired) electrons. The van der Waals surface area contributed by atoms with Crippen molar-refractivity contribution in [1.82, 2.24) is 5.32 Å². The molecule has 0 spiro atoms. The number of hydrogen-bond donors (Lipinski definition) is 2. The van der Waals surface area contributed by atoms with E-state index in [0.29, 0.717) is 0 Å². The number of hydrogen-bond acceptors (Lipinski definition) is 4. The molecule has 4 nitrogen and oxygen atoms in total. The van der Waals surface area contributed by atoms with Crippen molar-refractivity contribution in [3.05, 3.63) is 29.3 Å². The first-order valence-corrected chi connectivity index (χ1v) is 7.43. The van der Waals surface area contributed by atoms with E-state index >= 15 is 0 Å². The SMILES string of the molecule is COCCNCc1ccc(N2CCCC(O)C2)cc1C. The van der Waals surface area contributed by atoms with E-state index in [1.807, 2.05) is 0 Å². The second-order valence-corrected chi connectivity index (χ2v) is 5.52. The molecule has 0 aliphatic carbocycles. The summed E-state index contributed by atoms with van der Waals surface area (Å²) in [5.41, 5.74) is 3.84. The Labute approximate surface area is 121 Å². The van der Waals surface area contributed by atoms with Crippen molar-refractivity contribution in [3.63, 3.8) is 0 Å². The second-order valence-electron chi connectivity index (χ2n) is 5.52. The molecular weight excluding hydrogens is 252 g/mol. The lowest BCUT2D eigenvalue weighted by Crippen LogP contribution is -2.38. The monoisotopic (exact) mass is 278 g/mol. The summed E-state index contributed by atoms with van der Waals surface area (Å²) in [6.07, 6.45) is 1.82. The van der Waals surface area contributed by atoms with Crippen molar-refractivity contribution in [2.24, 2.45) is 0 Å². The van der Waals surface area contributed by atoms with Crippen LogP contribution in [0.25, 0.3) is 0 Å². The molecule has 1 unspecified atom stereocenters. The van der Waals surface area contributed by atoms with Gasteiger partial charge in [-0.2, -0.15) is 0 Å². The van der Waals surface area contributed by atoms with Crippen LogP contribution < -0.4 is 10.2 Å². The third kappa shape index (κ3) is 4.20. The minimum absolute atomic E-state index is 0.181. The van der Waals surface area contributed by atoms with Gasteiger partial charge in [-0.15, -0.1) is 0 Å². The van der Waals surface area contributed by atoms with Gasteiger partial charge in [0.15, 0.2) is 0 Å². The van der Waals surface area contributed by atoms with Crippen molar-refractivity contribution in [2.45, 2.75) is 32.4 Å². The van der Waals surface area contributed by atoms with Crippen molar-refractivity contribution < 1.29 is 9.84 Å². The Morgan fingerprint density at radius 1 is 1.45 bits per heavy atom. The number of aryl methyl sites for hydroxylation is 1. The summed E-state index contributed by atoms with van der Waals surface area (Å²) in [4.78, 5) is 2.28. The van der Waals surface area contributed by atoms with E-state index in [4.69, 9.17) is 4.74 Å². The van der Waals surface area contributed by atoms with Crippen molar-refractivity contribution in [1.29, 1.82) is 0 Å². The van der Waals surface area contributed by atoms with E-state index in [-0.39, 0.29) is 6.10 Å². The highest BCUT2D eigenvalue weighted by Crippen LogP contribution is 2.23. The molecule has 1 aromatic carbocycles. The Bertz CT molecular complexity index is 423. The summed E-state index contributed by atoms with van der Waals surface area (Å²) in [6.45, 7) is 6.43. The molecule has 1 aliphatic heterocycles. The van der Waals surface area contributed by atoms with Gasteiger partial charge in [-0.25, -0.2) is 0 Å². The van der Waals surface area contributed by atoms with Crippen LogP contribution in [0.5, 0.6) is 0 Å². The number of nitrogens with one attached hydrogen (secondary N) is 1. The minimum Gasteiger partial charge on any atom is -0.391 e. The molecule has 0 amide bonds. The summed E-state index contributed by atoms with van der Waals surface area (Å²) in [7, 11) is 1.72. The van der Waals surface area contributed by atoms with Gasteiger partial charge in [0.05, 0.1) is 12.7 Å². The normalized spacial score (nSPS) is 19.4. The predicted molar refractivity (Wildman–Crippen MR) is 82.2 cm³/mol. The highest BCUT2D eigenvalue weighted by Gasteiger charge is 2.18. The lowest BCUT2D eigenvalue weighted by Gasteiger charge is -2.32. The first-order chi connectivity index (χ1) is 9.70. The number of piperidine rings is 1.